The molecule has 3 atom stereocenters. The van der Waals surface area contributed by atoms with Crippen molar-refractivity contribution in [1.82, 2.24) is 0 Å². The fourth-order valence-electron chi connectivity index (χ4n) is 2.56. The van der Waals surface area contributed by atoms with E-state index in [-0.39, 0.29) is 6.10 Å². The minimum atomic E-state index is 0.00694. The van der Waals surface area contributed by atoms with Gasteiger partial charge in [-0.1, -0.05) is 0 Å². The maximum atomic E-state index is 9.55. The maximum absolute atomic E-state index is 9.55. The zero-order chi connectivity index (χ0) is 7.19. The first-order valence-electron chi connectivity index (χ1n) is 4.21. The van der Waals surface area contributed by atoms with Crippen LogP contribution in [0.25, 0.3) is 0 Å². The van der Waals surface area contributed by atoms with Gasteiger partial charge in [-0.15, -0.1) is 0 Å². The van der Waals surface area contributed by atoms with Crippen LogP contribution in [0, 0.1) is 5.92 Å². The Balaban J connectivity index is 2.16. The van der Waals surface area contributed by atoms with E-state index >= 15 is 0 Å². The fourth-order valence-corrected chi connectivity index (χ4v) is 2.56. The van der Waals surface area contributed by atoms with E-state index in [0.29, 0.717) is 5.92 Å². The number of hydrogen-bond acceptors (Lipinski definition) is 1. The molecule has 2 heteroatoms. The van der Waals surface area contributed by atoms with Crippen LogP contribution in [0.15, 0.2) is 0 Å². The Bertz CT molecular complexity index is 144. The number of aliphatic hydroxyl groups is 1. The standard InChI is InChI=1S/C8H16NO/c1-9-4-2-3-7(5-9)8(10)6-9/h7-8,10H,2-6H2,1H3/q+1. The lowest BCUT2D eigenvalue weighted by molar-refractivity contribution is -0.903. The third-order valence-corrected chi connectivity index (χ3v) is 3.12. The second-order valence-electron chi connectivity index (χ2n) is 4.18. The van der Waals surface area contributed by atoms with E-state index in [0.717, 1.165) is 11.0 Å². The Morgan fingerprint density at radius 2 is 2.20 bits per heavy atom. The summed E-state index contributed by atoms with van der Waals surface area (Å²) in [7, 11) is 2.27. The van der Waals surface area contributed by atoms with Crippen LogP contribution < -0.4 is 0 Å². The summed E-state index contributed by atoms with van der Waals surface area (Å²) in [6.45, 7) is 3.51. The topological polar surface area (TPSA) is 20.2 Å². The Labute approximate surface area is 62.0 Å². The van der Waals surface area contributed by atoms with Crippen molar-refractivity contribution in [2.75, 3.05) is 26.7 Å². The molecule has 0 spiro atoms. The van der Waals surface area contributed by atoms with E-state index in [1.54, 1.807) is 0 Å². The number of nitrogens with zero attached hydrogens (tertiary/aromatic N) is 1. The first kappa shape index (κ1) is 6.62. The van der Waals surface area contributed by atoms with Gasteiger partial charge >= 0.3 is 0 Å². The Kier molecular flexibility index (Phi) is 1.29. The lowest BCUT2D eigenvalue weighted by atomic mass is 9.98. The van der Waals surface area contributed by atoms with E-state index in [1.165, 1.54) is 25.9 Å². The number of rotatable bonds is 0. The number of fused-ring (bicyclic) bond motifs is 2. The molecular weight excluding hydrogens is 126 g/mol. The lowest BCUT2D eigenvalue weighted by Gasteiger charge is -2.32. The molecule has 0 radical (unpaired) electrons. The number of aliphatic hydroxyl groups excluding tert-OH is 1. The third-order valence-electron chi connectivity index (χ3n) is 3.12. The molecule has 2 aliphatic heterocycles. The van der Waals surface area contributed by atoms with Crippen LogP contribution in [-0.4, -0.2) is 42.4 Å². The fraction of sp³-hybridized carbons (Fsp3) is 1.00. The molecule has 0 amide bonds. The van der Waals surface area contributed by atoms with Crippen LogP contribution in [0.5, 0.6) is 0 Å². The highest BCUT2D eigenvalue weighted by Crippen LogP contribution is 2.31. The quantitative estimate of drug-likeness (QED) is 0.480. The van der Waals surface area contributed by atoms with Gasteiger partial charge in [0, 0.05) is 5.92 Å². The molecule has 2 rings (SSSR count). The van der Waals surface area contributed by atoms with Gasteiger partial charge in [0.1, 0.15) is 12.6 Å². The second-order valence-corrected chi connectivity index (χ2v) is 4.18. The van der Waals surface area contributed by atoms with Crippen LogP contribution in [0.1, 0.15) is 12.8 Å². The molecule has 2 fully saturated rings. The summed E-state index contributed by atoms with van der Waals surface area (Å²) in [5, 5.41) is 9.55. The van der Waals surface area contributed by atoms with Crippen LogP contribution in [0.4, 0.5) is 0 Å². The summed E-state index contributed by atoms with van der Waals surface area (Å²) in [6, 6.07) is 0. The Hall–Kier alpha value is -0.0800. The molecule has 0 saturated carbocycles. The van der Waals surface area contributed by atoms with Crippen molar-refractivity contribution in [3.63, 3.8) is 0 Å². The number of likely N-dealkylation sites (N-methyl/N-ethyl adjacent to an activating group) is 1. The van der Waals surface area contributed by atoms with E-state index in [4.69, 9.17) is 0 Å². The molecule has 2 bridgehead atoms. The van der Waals surface area contributed by atoms with Crippen LogP contribution in [0.3, 0.4) is 0 Å². The minimum Gasteiger partial charge on any atom is -0.387 e. The molecule has 3 unspecified atom stereocenters. The van der Waals surface area contributed by atoms with Crippen molar-refractivity contribution in [2.24, 2.45) is 5.92 Å². The van der Waals surface area contributed by atoms with Crippen LogP contribution >= 0.6 is 0 Å². The number of quaternary nitrogens is 1. The molecule has 2 aliphatic rings. The predicted molar refractivity (Wildman–Crippen MR) is 39.5 cm³/mol. The van der Waals surface area contributed by atoms with Gasteiger partial charge < -0.3 is 9.59 Å². The summed E-state index contributed by atoms with van der Waals surface area (Å²) in [6.07, 6.45) is 2.58. The summed E-state index contributed by atoms with van der Waals surface area (Å²) in [4.78, 5) is 0. The zero-order valence-corrected chi connectivity index (χ0v) is 6.58. The van der Waals surface area contributed by atoms with Crippen molar-refractivity contribution in [1.29, 1.82) is 0 Å². The highest BCUT2D eigenvalue weighted by Gasteiger charge is 2.44. The third kappa shape index (κ3) is 0.867. The molecule has 1 N–H and O–H groups in total. The van der Waals surface area contributed by atoms with Gasteiger partial charge in [-0.05, 0) is 12.8 Å². The molecule has 10 heavy (non-hydrogen) atoms. The number of piperidine rings is 1. The lowest BCUT2D eigenvalue weighted by Crippen LogP contribution is -2.44. The first-order valence-corrected chi connectivity index (χ1v) is 4.21. The van der Waals surface area contributed by atoms with Crippen molar-refractivity contribution in [2.45, 2.75) is 18.9 Å². The monoisotopic (exact) mass is 142 g/mol. The summed E-state index contributed by atoms with van der Waals surface area (Å²) in [5.74, 6) is 0.624. The van der Waals surface area contributed by atoms with Crippen LogP contribution in [-0.2, 0) is 0 Å². The van der Waals surface area contributed by atoms with Gasteiger partial charge in [0.15, 0.2) is 0 Å². The van der Waals surface area contributed by atoms with Gasteiger partial charge in [-0.3, -0.25) is 0 Å². The molecule has 2 saturated heterocycles. The molecule has 0 aliphatic carbocycles. The van der Waals surface area contributed by atoms with E-state index in [1.807, 2.05) is 0 Å². The van der Waals surface area contributed by atoms with Gasteiger partial charge in [0.05, 0.1) is 20.1 Å². The van der Waals surface area contributed by atoms with Gasteiger partial charge in [0.2, 0.25) is 0 Å². The normalized spacial score (nSPS) is 53.4. The zero-order valence-electron chi connectivity index (χ0n) is 6.58. The Morgan fingerprint density at radius 1 is 1.40 bits per heavy atom. The highest BCUT2D eigenvalue weighted by molar-refractivity contribution is 4.78. The van der Waals surface area contributed by atoms with Crippen LogP contribution in [0.2, 0.25) is 0 Å². The molecule has 58 valence electrons. The largest absolute Gasteiger partial charge is 0.387 e. The number of hydrogen-bond donors (Lipinski definition) is 1. The minimum absolute atomic E-state index is 0.00694. The predicted octanol–water partition coefficient (Wildman–Crippen LogP) is 0.218. The second kappa shape index (κ2) is 1.95. The SMILES string of the molecule is C[N+]12CCCC(C1)C(O)C2. The van der Waals surface area contributed by atoms with E-state index in [9.17, 15) is 5.11 Å². The van der Waals surface area contributed by atoms with Gasteiger partial charge in [-0.25, -0.2) is 0 Å². The summed E-state index contributed by atoms with van der Waals surface area (Å²) in [5.41, 5.74) is 0. The van der Waals surface area contributed by atoms with Crippen molar-refractivity contribution >= 4 is 0 Å². The van der Waals surface area contributed by atoms with E-state index in [2.05, 4.69) is 7.05 Å². The van der Waals surface area contributed by atoms with Crippen molar-refractivity contribution < 1.29 is 9.59 Å². The average molecular weight is 142 g/mol. The van der Waals surface area contributed by atoms with Crippen molar-refractivity contribution in [3.8, 4) is 0 Å². The van der Waals surface area contributed by atoms with Gasteiger partial charge in [-0.2, -0.15) is 0 Å². The molecule has 2 nitrogen and oxygen atoms in total. The average Bonchev–Trinajstić information content (AvgIpc) is 2.03. The van der Waals surface area contributed by atoms with E-state index < -0.39 is 0 Å². The van der Waals surface area contributed by atoms with Gasteiger partial charge in [0.25, 0.3) is 0 Å². The molecular formula is C8H16NO+. The summed E-state index contributed by atoms with van der Waals surface area (Å²) >= 11 is 0. The maximum Gasteiger partial charge on any atom is 0.111 e. The molecule has 2 heterocycles. The molecule has 0 aromatic heterocycles. The highest BCUT2D eigenvalue weighted by atomic mass is 16.3. The smallest absolute Gasteiger partial charge is 0.111 e. The first-order chi connectivity index (χ1) is 4.70. The van der Waals surface area contributed by atoms with Crippen molar-refractivity contribution in [3.05, 3.63) is 0 Å². The molecule has 0 aromatic carbocycles. The molecule has 0 aromatic rings. The summed E-state index contributed by atoms with van der Waals surface area (Å²) < 4.78 is 1.13. The Morgan fingerprint density at radius 3 is 2.80 bits per heavy atom.